The largest absolute Gasteiger partial charge is 0.497 e. The molecule has 2 aromatic carbocycles. The van der Waals surface area contributed by atoms with Crippen LogP contribution in [-0.4, -0.2) is 37.3 Å². The number of hydrogen-bond donors (Lipinski definition) is 2. The average molecular weight is 494 g/mol. The third-order valence-corrected chi connectivity index (χ3v) is 7.96. The Labute approximate surface area is 207 Å². The summed E-state index contributed by atoms with van der Waals surface area (Å²) in [5.41, 5.74) is 2.67. The van der Waals surface area contributed by atoms with Gasteiger partial charge in [0.25, 0.3) is 0 Å². The average Bonchev–Trinajstić information content (AvgIpc) is 3.52. The number of fused-ring (bicyclic) bond motifs is 1. The number of ether oxygens (including phenoxy) is 3. The van der Waals surface area contributed by atoms with Crippen LogP contribution in [0.1, 0.15) is 58.1 Å². The first-order chi connectivity index (χ1) is 17.0. The first-order valence-corrected chi connectivity index (χ1v) is 12.5. The van der Waals surface area contributed by atoms with Gasteiger partial charge in [-0.05, 0) is 61.1 Å². The quantitative estimate of drug-likeness (QED) is 0.424. The van der Waals surface area contributed by atoms with Crippen LogP contribution >= 0.6 is 11.3 Å². The number of methoxy groups -OCH3 is 2. The van der Waals surface area contributed by atoms with Crippen molar-refractivity contribution in [3.63, 3.8) is 0 Å². The van der Waals surface area contributed by atoms with Gasteiger partial charge in [-0.2, -0.15) is 0 Å². The molecule has 7 nitrogen and oxygen atoms in total. The summed E-state index contributed by atoms with van der Waals surface area (Å²) in [6, 6.07) is 12.9. The number of anilines is 1. The minimum atomic E-state index is -1.03. The van der Waals surface area contributed by atoms with Crippen molar-refractivity contribution < 1.29 is 28.9 Å². The fourth-order valence-electron chi connectivity index (χ4n) is 4.92. The Hall–Kier alpha value is -3.52. The second-order valence-corrected chi connectivity index (χ2v) is 9.87. The number of hydrogen-bond acceptors (Lipinski definition) is 6. The number of amides is 1. The fraction of sp³-hybridized carbons (Fsp3) is 0.333. The van der Waals surface area contributed by atoms with Crippen LogP contribution in [0.2, 0.25) is 0 Å². The van der Waals surface area contributed by atoms with Gasteiger partial charge in [-0.25, -0.2) is 4.79 Å². The Morgan fingerprint density at radius 2 is 1.77 bits per heavy atom. The van der Waals surface area contributed by atoms with Crippen LogP contribution in [-0.2, 0) is 4.79 Å². The highest BCUT2D eigenvalue weighted by molar-refractivity contribution is 7.15. The molecule has 1 saturated carbocycles. The van der Waals surface area contributed by atoms with E-state index in [-0.39, 0.29) is 29.2 Å². The predicted octanol–water partition coefficient (Wildman–Crippen LogP) is 5.93. The summed E-state index contributed by atoms with van der Waals surface area (Å²) in [4.78, 5) is 26.0. The van der Waals surface area contributed by atoms with Crippen molar-refractivity contribution in [1.29, 1.82) is 0 Å². The Bertz CT molecular complexity index is 1260. The zero-order valence-corrected chi connectivity index (χ0v) is 20.4. The van der Waals surface area contributed by atoms with Gasteiger partial charge in [0.1, 0.15) is 10.6 Å². The molecule has 0 bridgehead atoms. The van der Waals surface area contributed by atoms with Crippen LogP contribution in [0.25, 0.3) is 11.1 Å². The van der Waals surface area contributed by atoms with Gasteiger partial charge in [0.2, 0.25) is 5.91 Å². The lowest BCUT2D eigenvalue weighted by Gasteiger charge is -2.25. The summed E-state index contributed by atoms with van der Waals surface area (Å²) in [7, 11) is 3.18. The third kappa shape index (κ3) is 4.46. The molecule has 0 unspecified atom stereocenters. The number of carbonyl (C=O) groups excluding carboxylic acids is 1. The lowest BCUT2D eigenvalue weighted by Crippen LogP contribution is -2.22. The van der Waals surface area contributed by atoms with Crippen molar-refractivity contribution in [3.8, 4) is 28.4 Å². The van der Waals surface area contributed by atoms with E-state index >= 15 is 0 Å². The van der Waals surface area contributed by atoms with Gasteiger partial charge >= 0.3 is 5.97 Å². The molecule has 2 heterocycles. The minimum absolute atomic E-state index is 0.155. The second kappa shape index (κ2) is 9.62. The summed E-state index contributed by atoms with van der Waals surface area (Å²) in [5.74, 6) is 0.512. The van der Waals surface area contributed by atoms with E-state index in [9.17, 15) is 14.7 Å². The molecule has 1 amide bonds. The number of aromatic carboxylic acids is 1. The van der Waals surface area contributed by atoms with E-state index in [1.807, 2.05) is 30.3 Å². The fourth-order valence-corrected chi connectivity index (χ4v) is 6.17. The molecule has 182 valence electrons. The molecule has 1 aromatic heterocycles. The smallest absolute Gasteiger partial charge is 0.346 e. The molecule has 0 spiro atoms. The standard InChI is InChI=1S/C27H27NO6S/c1-32-17-10-7-15(8-11-17)23-24-25(35-26(23)27(30)31)19(14-22(29)28-24)16-9-12-20(21(13-16)33-2)34-18-5-3-4-6-18/h7-13,18-19H,3-6,14H2,1-2H3,(H,28,29)(H,30,31)/t19-/m1/s1. The molecule has 3 aromatic rings. The van der Waals surface area contributed by atoms with Crippen LogP contribution < -0.4 is 19.5 Å². The van der Waals surface area contributed by atoms with Gasteiger partial charge in [-0.15, -0.1) is 11.3 Å². The highest BCUT2D eigenvalue weighted by Gasteiger charge is 2.35. The van der Waals surface area contributed by atoms with Gasteiger partial charge in [0, 0.05) is 22.8 Å². The number of benzene rings is 2. The third-order valence-electron chi connectivity index (χ3n) is 6.66. The Balaban J connectivity index is 1.56. The predicted molar refractivity (Wildman–Crippen MR) is 134 cm³/mol. The molecule has 0 radical (unpaired) electrons. The topological polar surface area (TPSA) is 94.1 Å². The van der Waals surface area contributed by atoms with Gasteiger partial charge in [-0.3, -0.25) is 4.79 Å². The van der Waals surface area contributed by atoms with Crippen LogP contribution in [0.4, 0.5) is 5.69 Å². The Kier molecular flexibility index (Phi) is 6.38. The van der Waals surface area contributed by atoms with Crippen LogP contribution in [0.5, 0.6) is 17.2 Å². The molecule has 2 aliphatic rings. The van der Waals surface area contributed by atoms with Gasteiger partial charge in [0.15, 0.2) is 11.5 Å². The van der Waals surface area contributed by atoms with Gasteiger partial charge in [-0.1, -0.05) is 18.2 Å². The first-order valence-electron chi connectivity index (χ1n) is 11.7. The number of carboxylic acids is 1. The molecule has 35 heavy (non-hydrogen) atoms. The number of rotatable bonds is 7. The number of carbonyl (C=O) groups is 2. The maximum Gasteiger partial charge on any atom is 0.346 e. The van der Waals surface area contributed by atoms with Crippen molar-refractivity contribution in [2.24, 2.45) is 0 Å². The zero-order valence-electron chi connectivity index (χ0n) is 19.6. The molecule has 1 aliphatic heterocycles. The van der Waals surface area contributed by atoms with E-state index < -0.39 is 5.97 Å². The van der Waals surface area contributed by atoms with E-state index in [1.54, 1.807) is 26.4 Å². The van der Waals surface area contributed by atoms with Crippen LogP contribution in [0, 0.1) is 0 Å². The summed E-state index contributed by atoms with van der Waals surface area (Å²) in [6.45, 7) is 0. The van der Waals surface area contributed by atoms with Crippen molar-refractivity contribution in [2.75, 3.05) is 19.5 Å². The molecule has 1 fully saturated rings. The lowest BCUT2D eigenvalue weighted by molar-refractivity contribution is -0.116. The molecule has 2 N–H and O–H groups in total. The SMILES string of the molecule is COc1ccc(-c2c(C(=O)O)sc3c2NC(=O)C[C@@H]3c2ccc(OC3CCCC3)c(OC)c2)cc1. The van der Waals surface area contributed by atoms with Crippen LogP contribution in [0.3, 0.4) is 0 Å². The van der Waals surface area contributed by atoms with Gasteiger partial charge in [0.05, 0.1) is 26.0 Å². The van der Waals surface area contributed by atoms with E-state index in [2.05, 4.69) is 5.32 Å². The molecular formula is C27H27NO6S. The Morgan fingerprint density at radius 3 is 2.43 bits per heavy atom. The molecule has 5 rings (SSSR count). The van der Waals surface area contributed by atoms with Crippen molar-refractivity contribution >= 4 is 28.9 Å². The van der Waals surface area contributed by atoms with Crippen molar-refractivity contribution in [1.82, 2.24) is 0 Å². The van der Waals surface area contributed by atoms with E-state index in [1.165, 1.54) is 24.2 Å². The molecule has 0 saturated heterocycles. The summed E-state index contributed by atoms with van der Waals surface area (Å²) in [5, 5.41) is 12.9. The Morgan fingerprint density at radius 1 is 1.03 bits per heavy atom. The molecular weight excluding hydrogens is 466 g/mol. The molecule has 8 heteroatoms. The van der Waals surface area contributed by atoms with Gasteiger partial charge < -0.3 is 24.6 Å². The summed E-state index contributed by atoms with van der Waals surface area (Å²) < 4.78 is 17.0. The number of nitrogens with one attached hydrogen (secondary N) is 1. The molecule has 1 atom stereocenters. The lowest BCUT2D eigenvalue weighted by atomic mass is 9.88. The first kappa shape index (κ1) is 23.2. The van der Waals surface area contributed by atoms with Crippen molar-refractivity contribution in [3.05, 3.63) is 57.8 Å². The zero-order chi connectivity index (χ0) is 24.5. The van der Waals surface area contributed by atoms with E-state index in [0.29, 0.717) is 34.1 Å². The van der Waals surface area contributed by atoms with Crippen molar-refractivity contribution in [2.45, 2.75) is 44.1 Å². The summed E-state index contributed by atoms with van der Waals surface area (Å²) in [6.07, 6.45) is 4.85. The van der Waals surface area contributed by atoms with Crippen LogP contribution in [0.15, 0.2) is 42.5 Å². The maximum absolute atomic E-state index is 12.8. The minimum Gasteiger partial charge on any atom is -0.497 e. The highest BCUT2D eigenvalue weighted by Crippen LogP contribution is 2.50. The highest BCUT2D eigenvalue weighted by atomic mass is 32.1. The number of thiophene rings is 1. The van der Waals surface area contributed by atoms with E-state index in [4.69, 9.17) is 14.2 Å². The normalized spacial score (nSPS) is 17.5. The second-order valence-electron chi connectivity index (χ2n) is 8.82. The molecule has 1 aliphatic carbocycles. The maximum atomic E-state index is 12.8. The van der Waals surface area contributed by atoms with E-state index in [0.717, 1.165) is 23.3 Å². The monoisotopic (exact) mass is 493 g/mol. The number of carboxylic acid groups (broad SMARTS) is 1. The summed E-state index contributed by atoms with van der Waals surface area (Å²) >= 11 is 1.21.